The number of hydrogen-bond acceptors (Lipinski definition) is 3. The zero-order valence-electron chi connectivity index (χ0n) is 13.0. The van der Waals surface area contributed by atoms with E-state index in [0.717, 1.165) is 36.6 Å². The standard InChI is InChI=1S/C16H26ClN3/c1-4-8-13-10-6-7-11-20(13)16-12(3)15(17)18-14(19-16)9-5-2/h13H,4-11H2,1-3H3. The van der Waals surface area contributed by atoms with E-state index >= 15 is 0 Å². The van der Waals surface area contributed by atoms with Crippen LogP contribution in [0.25, 0.3) is 0 Å². The molecule has 1 unspecified atom stereocenters. The summed E-state index contributed by atoms with van der Waals surface area (Å²) < 4.78 is 0. The zero-order chi connectivity index (χ0) is 14.5. The Morgan fingerprint density at radius 2 is 2.00 bits per heavy atom. The van der Waals surface area contributed by atoms with Crippen LogP contribution in [0.2, 0.25) is 5.15 Å². The Morgan fingerprint density at radius 3 is 2.70 bits per heavy atom. The van der Waals surface area contributed by atoms with E-state index < -0.39 is 0 Å². The number of aromatic nitrogens is 2. The van der Waals surface area contributed by atoms with Gasteiger partial charge >= 0.3 is 0 Å². The second-order valence-corrected chi connectivity index (χ2v) is 6.12. The molecule has 2 rings (SSSR count). The van der Waals surface area contributed by atoms with Crippen LogP contribution in [-0.2, 0) is 6.42 Å². The van der Waals surface area contributed by atoms with Crippen molar-refractivity contribution in [2.24, 2.45) is 0 Å². The van der Waals surface area contributed by atoms with Crippen molar-refractivity contribution in [2.75, 3.05) is 11.4 Å². The van der Waals surface area contributed by atoms with Gasteiger partial charge in [-0.3, -0.25) is 0 Å². The summed E-state index contributed by atoms with van der Waals surface area (Å²) in [6.45, 7) is 7.56. The van der Waals surface area contributed by atoms with Gasteiger partial charge in [0.25, 0.3) is 0 Å². The Kier molecular flexibility index (Phi) is 5.64. The van der Waals surface area contributed by atoms with Gasteiger partial charge in [-0.1, -0.05) is 31.9 Å². The summed E-state index contributed by atoms with van der Waals surface area (Å²) >= 11 is 6.32. The summed E-state index contributed by atoms with van der Waals surface area (Å²) in [5, 5.41) is 0.624. The molecule has 0 N–H and O–H groups in total. The van der Waals surface area contributed by atoms with E-state index in [1.165, 1.54) is 32.1 Å². The molecule has 1 fully saturated rings. The fraction of sp³-hybridized carbons (Fsp3) is 0.750. The van der Waals surface area contributed by atoms with Crippen molar-refractivity contribution in [1.82, 2.24) is 9.97 Å². The van der Waals surface area contributed by atoms with Gasteiger partial charge in [-0.2, -0.15) is 0 Å². The summed E-state index contributed by atoms with van der Waals surface area (Å²) in [6.07, 6.45) is 8.28. The van der Waals surface area contributed by atoms with Crippen LogP contribution < -0.4 is 4.90 Å². The summed E-state index contributed by atoms with van der Waals surface area (Å²) in [5.41, 5.74) is 1.04. The molecule has 1 aromatic rings. The monoisotopic (exact) mass is 295 g/mol. The summed E-state index contributed by atoms with van der Waals surface area (Å²) in [4.78, 5) is 11.7. The van der Waals surface area contributed by atoms with Crippen LogP contribution in [-0.4, -0.2) is 22.6 Å². The predicted molar refractivity (Wildman–Crippen MR) is 85.7 cm³/mol. The minimum absolute atomic E-state index is 0.618. The maximum atomic E-state index is 6.32. The van der Waals surface area contributed by atoms with Crippen LogP contribution in [0.5, 0.6) is 0 Å². The van der Waals surface area contributed by atoms with Crippen LogP contribution in [0, 0.1) is 6.92 Å². The Hall–Kier alpha value is -0.830. The molecule has 20 heavy (non-hydrogen) atoms. The largest absolute Gasteiger partial charge is 0.353 e. The van der Waals surface area contributed by atoms with Gasteiger partial charge in [0.2, 0.25) is 0 Å². The van der Waals surface area contributed by atoms with Crippen LogP contribution in [0.1, 0.15) is 63.8 Å². The molecule has 4 heteroatoms. The van der Waals surface area contributed by atoms with E-state index in [-0.39, 0.29) is 0 Å². The van der Waals surface area contributed by atoms with Crippen molar-refractivity contribution in [2.45, 2.75) is 71.8 Å². The average molecular weight is 296 g/mol. The lowest BCUT2D eigenvalue weighted by molar-refractivity contribution is 0.430. The maximum absolute atomic E-state index is 6.32. The first kappa shape index (κ1) is 15.6. The molecule has 0 spiro atoms. The highest BCUT2D eigenvalue weighted by molar-refractivity contribution is 6.30. The molecule has 1 saturated heterocycles. The normalized spacial score (nSPS) is 19.4. The zero-order valence-corrected chi connectivity index (χ0v) is 13.7. The van der Waals surface area contributed by atoms with Gasteiger partial charge in [-0.15, -0.1) is 0 Å². The molecule has 0 saturated carbocycles. The van der Waals surface area contributed by atoms with Crippen LogP contribution in [0.3, 0.4) is 0 Å². The molecule has 1 atom stereocenters. The quantitative estimate of drug-likeness (QED) is 0.746. The minimum Gasteiger partial charge on any atom is -0.353 e. The average Bonchev–Trinajstić information content (AvgIpc) is 2.44. The summed E-state index contributed by atoms with van der Waals surface area (Å²) in [7, 11) is 0. The molecule has 2 heterocycles. The fourth-order valence-corrected chi connectivity index (χ4v) is 3.23. The highest BCUT2D eigenvalue weighted by Crippen LogP contribution is 2.30. The number of anilines is 1. The number of rotatable bonds is 5. The molecule has 0 aliphatic carbocycles. The van der Waals surface area contributed by atoms with E-state index in [2.05, 4.69) is 23.7 Å². The van der Waals surface area contributed by atoms with Gasteiger partial charge in [-0.05, 0) is 39.0 Å². The molecule has 3 nitrogen and oxygen atoms in total. The Labute approximate surface area is 127 Å². The van der Waals surface area contributed by atoms with Crippen molar-refractivity contribution in [1.29, 1.82) is 0 Å². The number of nitrogens with zero attached hydrogens (tertiary/aromatic N) is 3. The van der Waals surface area contributed by atoms with Crippen LogP contribution in [0.4, 0.5) is 5.82 Å². The SMILES string of the molecule is CCCc1nc(Cl)c(C)c(N2CCCCC2CCC)n1. The van der Waals surface area contributed by atoms with Crippen LogP contribution in [0.15, 0.2) is 0 Å². The predicted octanol–water partition coefficient (Wildman–Crippen LogP) is 4.55. The molecule has 0 amide bonds. The number of hydrogen-bond donors (Lipinski definition) is 0. The molecular formula is C16H26ClN3. The summed E-state index contributed by atoms with van der Waals surface area (Å²) in [6, 6.07) is 0.618. The van der Waals surface area contributed by atoms with Crippen molar-refractivity contribution in [3.8, 4) is 0 Å². The van der Waals surface area contributed by atoms with Gasteiger partial charge < -0.3 is 4.90 Å². The van der Waals surface area contributed by atoms with E-state index in [0.29, 0.717) is 11.2 Å². The van der Waals surface area contributed by atoms with Crippen LogP contribution >= 0.6 is 11.6 Å². The molecule has 1 aromatic heterocycles. The number of piperidine rings is 1. The van der Waals surface area contributed by atoms with E-state index in [4.69, 9.17) is 16.6 Å². The van der Waals surface area contributed by atoms with E-state index in [1.54, 1.807) is 0 Å². The van der Waals surface area contributed by atoms with E-state index in [9.17, 15) is 0 Å². The molecule has 112 valence electrons. The molecule has 1 aliphatic rings. The van der Waals surface area contributed by atoms with Gasteiger partial charge in [0, 0.05) is 24.6 Å². The first-order valence-electron chi connectivity index (χ1n) is 7.97. The van der Waals surface area contributed by atoms with E-state index in [1.807, 2.05) is 6.92 Å². The lowest BCUT2D eigenvalue weighted by atomic mass is 9.98. The Bertz CT molecular complexity index is 446. The third kappa shape index (κ3) is 3.43. The highest BCUT2D eigenvalue weighted by Gasteiger charge is 2.25. The molecule has 0 bridgehead atoms. The lowest BCUT2D eigenvalue weighted by Gasteiger charge is -2.37. The smallest absolute Gasteiger partial charge is 0.137 e. The topological polar surface area (TPSA) is 29.0 Å². The number of aryl methyl sites for hydroxylation is 1. The molecule has 1 aliphatic heterocycles. The highest BCUT2D eigenvalue weighted by atomic mass is 35.5. The first-order chi connectivity index (χ1) is 9.67. The second-order valence-electron chi connectivity index (χ2n) is 5.76. The third-order valence-corrected chi connectivity index (χ3v) is 4.47. The molecule has 0 aromatic carbocycles. The Balaban J connectivity index is 2.33. The van der Waals surface area contributed by atoms with Crippen molar-refractivity contribution in [3.05, 3.63) is 16.5 Å². The van der Waals surface area contributed by atoms with Gasteiger partial charge in [-0.25, -0.2) is 9.97 Å². The minimum atomic E-state index is 0.618. The van der Waals surface area contributed by atoms with Crippen molar-refractivity contribution < 1.29 is 0 Å². The Morgan fingerprint density at radius 1 is 1.20 bits per heavy atom. The first-order valence-corrected chi connectivity index (χ1v) is 8.34. The van der Waals surface area contributed by atoms with Crippen molar-refractivity contribution in [3.63, 3.8) is 0 Å². The summed E-state index contributed by atoms with van der Waals surface area (Å²) in [5.74, 6) is 1.96. The number of halogens is 1. The van der Waals surface area contributed by atoms with Crippen molar-refractivity contribution >= 4 is 17.4 Å². The van der Waals surface area contributed by atoms with Gasteiger partial charge in [0.05, 0.1) is 0 Å². The maximum Gasteiger partial charge on any atom is 0.137 e. The second kappa shape index (κ2) is 7.26. The molecular weight excluding hydrogens is 270 g/mol. The van der Waals surface area contributed by atoms with Gasteiger partial charge in [0.15, 0.2) is 0 Å². The lowest BCUT2D eigenvalue weighted by Crippen LogP contribution is -2.40. The van der Waals surface area contributed by atoms with Gasteiger partial charge in [0.1, 0.15) is 16.8 Å². The molecule has 0 radical (unpaired) electrons. The third-order valence-electron chi connectivity index (χ3n) is 4.10. The fourth-order valence-electron chi connectivity index (χ4n) is 3.05.